The molecule has 0 radical (unpaired) electrons. The highest BCUT2D eigenvalue weighted by Crippen LogP contribution is 2.18. The Bertz CT molecular complexity index is 495. The first kappa shape index (κ1) is 14.2. The maximum atomic E-state index is 12.0. The highest BCUT2D eigenvalue weighted by atomic mass is 35.5. The van der Waals surface area contributed by atoms with E-state index in [1.165, 1.54) is 0 Å². The van der Waals surface area contributed by atoms with Crippen LogP contribution in [0.25, 0.3) is 0 Å². The van der Waals surface area contributed by atoms with Gasteiger partial charge in [0.1, 0.15) is 0 Å². The topological polar surface area (TPSA) is 58.4 Å². The molecule has 0 aliphatic carbocycles. The third-order valence-electron chi connectivity index (χ3n) is 3.15. The molecule has 2 rings (SSSR count). The lowest BCUT2D eigenvalue weighted by molar-refractivity contribution is -0.117. The number of benzene rings is 1. The SMILES string of the molecule is NC(=S)C1CCCN1CC(=O)Nc1cccc(Cl)c1. The Morgan fingerprint density at radius 2 is 2.37 bits per heavy atom. The van der Waals surface area contributed by atoms with Crippen LogP contribution >= 0.6 is 23.8 Å². The van der Waals surface area contributed by atoms with Crippen LogP contribution < -0.4 is 11.1 Å². The van der Waals surface area contributed by atoms with Crippen molar-refractivity contribution in [1.82, 2.24) is 4.90 Å². The van der Waals surface area contributed by atoms with Gasteiger partial charge in [-0.2, -0.15) is 0 Å². The maximum absolute atomic E-state index is 12.0. The molecule has 1 atom stereocenters. The molecular weight excluding hydrogens is 282 g/mol. The Hall–Kier alpha value is -1.17. The lowest BCUT2D eigenvalue weighted by atomic mass is 10.2. The first-order chi connectivity index (χ1) is 9.06. The van der Waals surface area contributed by atoms with Crippen LogP contribution in [-0.4, -0.2) is 34.9 Å². The highest BCUT2D eigenvalue weighted by Gasteiger charge is 2.28. The summed E-state index contributed by atoms with van der Waals surface area (Å²) in [7, 11) is 0. The summed E-state index contributed by atoms with van der Waals surface area (Å²) in [5.41, 5.74) is 6.37. The predicted molar refractivity (Wildman–Crippen MR) is 81.5 cm³/mol. The predicted octanol–water partition coefficient (Wildman–Crippen LogP) is 2.03. The molecule has 1 heterocycles. The first-order valence-electron chi connectivity index (χ1n) is 6.15. The number of carbonyl (C=O) groups excluding carboxylic acids is 1. The minimum absolute atomic E-state index is 0.0418. The molecule has 0 spiro atoms. The number of likely N-dealkylation sites (tertiary alicyclic amines) is 1. The average molecular weight is 298 g/mol. The molecule has 1 unspecified atom stereocenters. The van der Waals surface area contributed by atoms with Crippen molar-refractivity contribution in [1.29, 1.82) is 0 Å². The van der Waals surface area contributed by atoms with E-state index in [4.69, 9.17) is 29.6 Å². The second-order valence-electron chi connectivity index (χ2n) is 4.59. The molecule has 102 valence electrons. The number of rotatable bonds is 4. The van der Waals surface area contributed by atoms with E-state index in [-0.39, 0.29) is 11.9 Å². The van der Waals surface area contributed by atoms with Crippen LogP contribution in [0.2, 0.25) is 5.02 Å². The molecule has 1 saturated heterocycles. The maximum Gasteiger partial charge on any atom is 0.238 e. The minimum Gasteiger partial charge on any atom is -0.392 e. The van der Waals surface area contributed by atoms with Crippen molar-refractivity contribution in [3.63, 3.8) is 0 Å². The zero-order chi connectivity index (χ0) is 13.8. The number of amides is 1. The van der Waals surface area contributed by atoms with Crippen molar-refractivity contribution >= 4 is 40.4 Å². The number of nitrogens with two attached hydrogens (primary N) is 1. The fourth-order valence-electron chi connectivity index (χ4n) is 2.29. The lowest BCUT2D eigenvalue weighted by Crippen LogP contribution is -2.43. The smallest absolute Gasteiger partial charge is 0.238 e. The Labute approximate surface area is 122 Å². The van der Waals surface area contributed by atoms with Gasteiger partial charge in [0.15, 0.2) is 0 Å². The van der Waals surface area contributed by atoms with Crippen molar-refractivity contribution in [2.24, 2.45) is 5.73 Å². The van der Waals surface area contributed by atoms with Crippen molar-refractivity contribution in [3.05, 3.63) is 29.3 Å². The van der Waals surface area contributed by atoms with E-state index in [0.717, 1.165) is 19.4 Å². The Morgan fingerprint density at radius 3 is 3.05 bits per heavy atom. The second kappa shape index (κ2) is 6.32. The number of hydrogen-bond donors (Lipinski definition) is 2. The number of halogens is 1. The molecule has 1 fully saturated rings. The summed E-state index contributed by atoms with van der Waals surface area (Å²) in [6, 6.07) is 7.12. The summed E-state index contributed by atoms with van der Waals surface area (Å²) in [5, 5.41) is 3.42. The summed E-state index contributed by atoms with van der Waals surface area (Å²) in [6.45, 7) is 1.15. The zero-order valence-corrected chi connectivity index (χ0v) is 12.0. The molecule has 4 nitrogen and oxygen atoms in total. The monoisotopic (exact) mass is 297 g/mol. The lowest BCUT2D eigenvalue weighted by Gasteiger charge is -2.22. The van der Waals surface area contributed by atoms with E-state index < -0.39 is 0 Å². The van der Waals surface area contributed by atoms with Crippen molar-refractivity contribution in [2.75, 3.05) is 18.4 Å². The molecular formula is C13H16ClN3OS. The van der Waals surface area contributed by atoms with Crippen LogP contribution in [-0.2, 0) is 4.79 Å². The van der Waals surface area contributed by atoms with Crippen LogP contribution in [0.15, 0.2) is 24.3 Å². The van der Waals surface area contributed by atoms with E-state index in [1.807, 2.05) is 4.90 Å². The van der Waals surface area contributed by atoms with Crippen LogP contribution in [0.5, 0.6) is 0 Å². The number of hydrogen-bond acceptors (Lipinski definition) is 3. The average Bonchev–Trinajstić information content (AvgIpc) is 2.76. The molecule has 3 N–H and O–H groups in total. The van der Waals surface area contributed by atoms with Gasteiger partial charge in [0.25, 0.3) is 0 Å². The summed E-state index contributed by atoms with van der Waals surface area (Å²) >= 11 is 10.9. The van der Waals surface area contributed by atoms with Crippen LogP contribution in [0, 0.1) is 0 Å². The Balaban J connectivity index is 1.92. The molecule has 1 aliphatic heterocycles. The number of thiocarbonyl (C=S) groups is 1. The van der Waals surface area contributed by atoms with Gasteiger partial charge in [-0.25, -0.2) is 0 Å². The normalized spacial score (nSPS) is 19.3. The summed E-state index contributed by atoms with van der Waals surface area (Å²) < 4.78 is 0. The van der Waals surface area contributed by atoms with Crippen molar-refractivity contribution < 1.29 is 4.79 Å². The summed E-state index contributed by atoms with van der Waals surface area (Å²) in [6.07, 6.45) is 1.95. The quantitative estimate of drug-likeness (QED) is 0.835. The van der Waals surface area contributed by atoms with Crippen molar-refractivity contribution in [2.45, 2.75) is 18.9 Å². The van der Waals surface area contributed by atoms with Gasteiger partial charge >= 0.3 is 0 Å². The van der Waals surface area contributed by atoms with Gasteiger partial charge in [-0.05, 0) is 37.6 Å². The van der Waals surface area contributed by atoms with Gasteiger partial charge < -0.3 is 11.1 Å². The van der Waals surface area contributed by atoms with Crippen LogP contribution in [0.1, 0.15) is 12.8 Å². The third kappa shape index (κ3) is 3.89. The van der Waals surface area contributed by atoms with E-state index >= 15 is 0 Å². The van der Waals surface area contributed by atoms with Crippen molar-refractivity contribution in [3.8, 4) is 0 Å². The standard InChI is InChI=1S/C13H16ClN3OS/c14-9-3-1-4-10(7-9)16-12(18)8-17-6-2-5-11(17)13(15)19/h1,3-4,7,11H,2,5-6,8H2,(H2,15,19)(H,16,18). The Kier molecular flexibility index (Phi) is 4.74. The highest BCUT2D eigenvalue weighted by molar-refractivity contribution is 7.80. The largest absolute Gasteiger partial charge is 0.392 e. The Morgan fingerprint density at radius 1 is 1.58 bits per heavy atom. The van der Waals surface area contributed by atoms with Gasteiger partial charge in [0.2, 0.25) is 5.91 Å². The second-order valence-corrected chi connectivity index (χ2v) is 5.50. The molecule has 1 aromatic rings. The van der Waals surface area contributed by atoms with Gasteiger partial charge in [-0.15, -0.1) is 0 Å². The van der Waals surface area contributed by atoms with Crippen LogP contribution in [0.3, 0.4) is 0 Å². The molecule has 19 heavy (non-hydrogen) atoms. The first-order valence-corrected chi connectivity index (χ1v) is 6.93. The molecule has 1 aromatic carbocycles. The van der Waals surface area contributed by atoms with E-state index in [2.05, 4.69) is 5.32 Å². The zero-order valence-electron chi connectivity index (χ0n) is 10.4. The minimum atomic E-state index is -0.0783. The van der Waals surface area contributed by atoms with E-state index in [0.29, 0.717) is 22.2 Å². The summed E-state index contributed by atoms with van der Waals surface area (Å²) in [5.74, 6) is -0.0783. The van der Waals surface area contributed by atoms with Crippen LogP contribution in [0.4, 0.5) is 5.69 Å². The third-order valence-corrected chi connectivity index (χ3v) is 3.65. The van der Waals surface area contributed by atoms with Gasteiger partial charge in [0, 0.05) is 10.7 Å². The number of nitrogens with one attached hydrogen (secondary N) is 1. The molecule has 1 aliphatic rings. The number of nitrogens with zero attached hydrogens (tertiary/aromatic N) is 1. The molecule has 0 bridgehead atoms. The number of anilines is 1. The summed E-state index contributed by atoms with van der Waals surface area (Å²) in [4.78, 5) is 14.4. The fraction of sp³-hybridized carbons (Fsp3) is 0.385. The van der Waals surface area contributed by atoms with E-state index in [9.17, 15) is 4.79 Å². The molecule has 1 amide bonds. The van der Waals surface area contributed by atoms with Gasteiger partial charge in [-0.3, -0.25) is 9.69 Å². The van der Waals surface area contributed by atoms with Gasteiger partial charge in [0.05, 0.1) is 17.6 Å². The van der Waals surface area contributed by atoms with E-state index in [1.54, 1.807) is 24.3 Å². The fourth-order valence-corrected chi connectivity index (χ4v) is 2.75. The van der Waals surface area contributed by atoms with Gasteiger partial charge in [-0.1, -0.05) is 29.9 Å². The number of carbonyl (C=O) groups is 1. The molecule has 6 heteroatoms. The molecule has 0 aromatic heterocycles. The molecule has 0 saturated carbocycles.